The molecule has 2 aromatic heterocycles. The summed E-state index contributed by atoms with van der Waals surface area (Å²) >= 11 is 0. The zero-order valence-corrected chi connectivity index (χ0v) is 14.2. The molecule has 8 heteroatoms. The monoisotopic (exact) mass is 351 g/mol. The molecule has 0 radical (unpaired) electrons. The van der Waals surface area contributed by atoms with Gasteiger partial charge in [0.2, 0.25) is 0 Å². The van der Waals surface area contributed by atoms with E-state index in [1.807, 2.05) is 24.3 Å². The molecule has 1 N–H and O–H groups in total. The first-order chi connectivity index (χ1) is 12.6. The van der Waals surface area contributed by atoms with E-state index in [1.165, 1.54) is 4.90 Å². The maximum Gasteiger partial charge on any atom is 0.326 e. The van der Waals surface area contributed by atoms with Crippen LogP contribution < -0.4 is 0 Å². The van der Waals surface area contributed by atoms with E-state index < -0.39 is 12.0 Å². The van der Waals surface area contributed by atoms with Gasteiger partial charge in [0.1, 0.15) is 6.04 Å². The summed E-state index contributed by atoms with van der Waals surface area (Å²) in [6, 6.07) is 6.83. The normalized spacial score (nSPS) is 17.0. The number of carbonyl (C=O) groups is 2. The lowest BCUT2D eigenvalue weighted by atomic mass is 10.1. The molecule has 0 spiro atoms. The van der Waals surface area contributed by atoms with E-state index in [2.05, 4.69) is 15.3 Å². The number of aromatic nitrogens is 4. The predicted molar refractivity (Wildman–Crippen MR) is 93.1 cm³/mol. The zero-order valence-electron chi connectivity index (χ0n) is 14.2. The van der Waals surface area contributed by atoms with Gasteiger partial charge in [-0.15, -0.1) is 5.10 Å². The van der Waals surface area contributed by atoms with Crippen LogP contribution in [-0.2, 0) is 4.79 Å². The average molecular weight is 351 g/mol. The molecule has 4 rings (SSSR count). The van der Waals surface area contributed by atoms with Gasteiger partial charge in [-0.3, -0.25) is 9.78 Å². The lowest BCUT2D eigenvalue weighted by Crippen LogP contribution is -2.40. The Morgan fingerprint density at radius 1 is 1.27 bits per heavy atom. The molecule has 1 aliphatic rings. The highest BCUT2D eigenvalue weighted by Gasteiger charge is 2.36. The van der Waals surface area contributed by atoms with Crippen LogP contribution in [0, 0.1) is 6.92 Å². The van der Waals surface area contributed by atoms with Crippen LogP contribution in [0.1, 0.15) is 29.0 Å². The van der Waals surface area contributed by atoms with E-state index >= 15 is 0 Å². The second-order valence-electron chi connectivity index (χ2n) is 6.30. The quantitative estimate of drug-likeness (QED) is 0.772. The van der Waals surface area contributed by atoms with Crippen molar-refractivity contribution in [3.8, 4) is 5.69 Å². The van der Waals surface area contributed by atoms with Crippen molar-refractivity contribution in [2.24, 2.45) is 0 Å². The number of carboxylic acid groups (broad SMARTS) is 1. The topological polar surface area (TPSA) is 101 Å². The Bertz CT molecular complexity index is 1010. The van der Waals surface area contributed by atoms with Crippen molar-refractivity contribution in [3.63, 3.8) is 0 Å². The van der Waals surface area contributed by atoms with Gasteiger partial charge in [-0.05, 0) is 31.9 Å². The lowest BCUT2D eigenvalue weighted by Gasteiger charge is -2.20. The summed E-state index contributed by atoms with van der Waals surface area (Å²) in [6.07, 6.45) is 4.60. The minimum Gasteiger partial charge on any atom is -0.480 e. The summed E-state index contributed by atoms with van der Waals surface area (Å²) in [7, 11) is 0. The third-order valence-corrected chi connectivity index (χ3v) is 4.78. The molecule has 132 valence electrons. The van der Waals surface area contributed by atoms with Crippen molar-refractivity contribution >= 4 is 22.6 Å². The Morgan fingerprint density at radius 3 is 2.92 bits per heavy atom. The Balaban J connectivity index is 1.75. The average Bonchev–Trinajstić information content (AvgIpc) is 3.28. The van der Waals surface area contributed by atoms with Crippen LogP contribution in [0.15, 0.2) is 36.7 Å². The molecule has 1 amide bonds. The maximum absolute atomic E-state index is 12.8. The number of benzene rings is 1. The molecule has 1 aliphatic heterocycles. The molecule has 1 atom stereocenters. The number of amides is 1. The Hall–Kier alpha value is -3.29. The van der Waals surface area contributed by atoms with Crippen molar-refractivity contribution in [1.29, 1.82) is 0 Å². The minimum absolute atomic E-state index is 0.184. The summed E-state index contributed by atoms with van der Waals surface area (Å²) in [5.74, 6) is -1.37. The second kappa shape index (κ2) is 6.21. The molecule has 3 aromatic rings. The third kappa shape index (κ3) is 2.50. The van der Waals surface area contributed by atoms with Gasteiger partial charge in [0, 0.05) is 29.7 Å². The number of aliphatic carboxylic acids is 1. The fourth-order valence-electron chi connectivity index (χ4n) is 3.45. The smallest absolute Gasteiger partial charge is 0.326 e. The van der Waals surface area contributed by atoms with Crippen LogP contribution in [0.4, 0.5) is 0 Å². The first kappa shape index (κ1) is 16.2. The van der Waals surface area contributed by atoms with Crippen molar-refractivity contribution in [1.82, 2.24) is 24.9 Å². The molecular formula is C18H17N5O3. The summed E-state index contributed by atoms with van der Waals surface area (Å²) in [5.41, 5.74) is 1.56. The van der Waals surface area contributed by atoms with Gasteiger partial charge in [-0.2, -0.15) is 0 Å². The number of likely N-dealkylation sites (tertiary alicyclic amines) is 1. The molecule has 8 nitrogen and oxygen atoms in total. The van der Waals surface area contributed by atoms with Crippen LogP contribution in [0.3, 0.4) is 0 Å². The van der Waals surface area contributed by atoms with Gasteiger partial charge in [-0.25, -0.2) is 9.48 Å². The van der Waals surface area contributed by atoms with Crippen molar-refractivity contribution < 1.29 is 14.7 Å². The van der Waals surface area contributed by atoms with E-state index in [1.54, 1.807) is 24.0 Å². The van der Waals surface area contributed by atoms with E-state index in [0.717, 1.165) is 16.5 Å². The Morgan fingerprint density at radius 2 is 2.12 bits per heavy atom. The standard InChI is InChI=1S/C18H17N5O3/c1-11-16(17(24)22-9-3-6-15(22)18(25)26)20-21-23(11)14-5-2-4-12-10-19-8-7-13(12)14/h2,4-5,7-8,10,15H,3,6,9H2,1H3,(H,25,26). The summed E-state index contributed by atoms with van der Waals surface area (Å²) < 4.78 is 1.61. The van der Waals surface area contributed by atoms with E-state index in [4.69, 9.17) is 0 Å². The third-order valence-electron chi connectivity index (χ3n) is 4.78. The molecule has 1 fully saturated rings. The zero-order chi connectivity index (χ0) is 18.3. The first-order valence-corrected chi connectivity index (χ1v) is 8.37. The maximum atomic E-state index is 12.8. The Kier molecular flexibility index (Phi) is 3.87. The van der Waals surface area contributed by atoms with Gasteiger partial charge >= 0.3 is 5.97 Å². The van der Waals surface area contributed by atoms with Gasteiger partial charge in [-0.1, -0.05) is 17.3 Å². The van der Waals surface area contributed by atoms with E-state index in [9.17, 15) is 14.7 Å². The lowest BCUT2D eigenvalue weighted by molar-refractivity contribution is -0.141. The highest BCUT2D eigenvalue weighted by atomic mass is 16.4. The number of nitrogens with zero attached hydrogens (tertiary/aromatic N) is 5. The molecule has 3 heterocycles. The minimum atomic E-state index is -0.984. The van der Waals surface area contributed by atoms with E-state index in [0.29, 0.717) is 25.1 Å². The number of pyridine rings is 1. The molecule has 0 bridgehead atoms. The molecule has 1 unspecified atom stereocenters. The Labute approximate surface area is 149 Å². The summed E-state index contributed by atoms with van der Waals surface area (Å²) in [5, 5.41) is 19.4. The molecular weight excluding hydrogens is 334 g/mol. The summed E-state index contributed by atoms with van der Waals surface area (Å²) in [6.45, 7) is 2.18. The first-order valence-electron chi connectivity index (χ1n) is 8.37. The van der Waals surface area contributed by atoms with Gasteiger partial charge in [0.25, 0.3) is 5.91 Å². The highest BCUT2D eigenvalue weighted by Crippen LogP contribution is 2.25. The number of carboxylic acids is 1. The van der Waals surface area contributed by atoms with Crippen LogP contribution in [0.5, 0.6) is 0 Å². The van der Waals surface area contributed by atoms with Gasteiger partial charge in [0.05, 0.1) is 11.4 Å². The van der Waals surface area contributed by atoms with Crippen molar-refractivity contribution in [3.05, 3.63) is 48.0 Å². The SMILES string of the molecule is Cc1c(C(=O)N2CCCC2C(=O)O)nnn1-c1cccc2cnccc12. The van der Waals surface area contributed by atoms with Crippen LogP contribution in [0.2, 0.25) is 0 Å². The van der Waals surface area contributed by atoms with Crippen LogP contribution >= 0.6 is 0 Å². The number of rotatable bonds is 3. The van der Waals surface area contributed by atoms with Crippen molar-refractivity contribution in [2.45, 2.75) is 25.8 Å². The fourth-order valence-corrected chi connectivity index (χ4v) is 3.45. The predicted octanol–water partition coefficient (Wildman–Crippen LogP) is 1.81. The number of hydrogen-bond acceptors (Lipinski definition) is 5. The van der Waals surface area contributed by atoms with Gasteiger partial charge < -0.3 is 10.0 Å². The molecule has 0 saturated carbocycles. The fraction of sp³-hybridized carbons (Fsp3) is 0.278. The van der Waals surface area contributed by atoms with E-state index in [-0.39, 0.29) is 11.6 Å². The second-order valence-corrected chi connectivity index (χ2v) is 6.30. The van der Waals surface area contributed by atoms with Crippen molar-refractivity contribution in [2.75, 3.05) is 6.54 Å². The van der Waals surface area contributed by atoms with Crippen LogP contribution in [0.25, 0.3) is 16.5 Å². The van der Waals surface area contributed by atoms with Crippen LogP contribution in [-0.4, -0.2) is 54.4 Å². The molecule has 1 saturated heterocycles. The number of carbonyl (C=O) groups excluding carboxylic acids is 1. The molecule has 1 aromatic carbocycles. The number of fused-ring (bicyclic) bond motifs is 1. The number of hydrogen-bond donors (Lipinski definition) is 1. The summed E-state index contributed by atoms with van der Waals surface area (Å²) in [4.78, 5) is 29.7. The molecule has 26 heavy (non-hydrogen) atoms. The largest absolute Gasteiger partial charge is 0.480 e. The van der Waals surface area contributed by atoms with Gasteiger partial charge in [0.15, 0.2) is 5.69 Å². The highest BCUT2D eigenvalue weighted by molar-refractivity contribution is 5.96. The molecule has 0 aliphatic carbocycles.